The van der Waals surface area contributed by atoms with Crippen LogP contribution in [0.4, 0.5) is 14.5 Å². The standard InChI is InChI=1S/C27H27F2N5O3S/c1-16-7-8-19(14-23(16)38(36,37)33-11-5-4-6-12-33)24-25(32-34-18(3)13-17(2)30-26(24)34)27(35)31-22-15-20(28)9-10-21(22)29/h7-10,13-15H,4-6,11-12H2,1-3H3,(H,31,35). The molecule has 1 saturated heterocycles. The fourth-order valence-corrected chi connectivity index (χ4v) is 6.57. The van der Waals surface area contributed by atoms with Crippen LogP contribution in [0, 0.1) is 32.4 Å². The summed E-state index contributed by atoms with van der Waals surface area (Å²) in [5, 5.41) is 6.84. The van der Waals surface area contributed by atoms with Crippen LogP contribution in [0.15, 0.2) is 47.4 Å². The van der Waals surface area contributed by atoms with Gasteiger partial charge in [0.05, 0.1) is 16.1 Å². The molecule has 0 radical (unpaired) electrons. The van der Waals surface area contributed by atoms with E-state index in [1.165, 1.54) is 14.9 Å². The minimum absolute atomic E-state index is 0.0972. The molecule has 0 bridgehead atoms. The number of sulfonamides is 1. The molecule has 2 aromatic heterocycles. The van der Waals surface area contributed by atoms with E-state index in [1.54, 1.807) is 39.0 Å². The smallest absolute Gasteiger partial charge is 0.276 e. The summed E-state index contributed by atoms with van der Waals surface area (Å²) in [7, 11) is -3.77. The number of rotatable bonds is 5. The minimum atomic E-state index is -3.77. The van der Waals surface area contributed by atoms with Crippen LogP contribution in [0.25, 0.3) is 16.8 Å². The first-order chi connectivity index (χ1) is 18.1. The summed E-state index contributed by atoms with van der Waals surface area (Å²) < 4.78 is 58.2. The number of anilines is 1. The van der Waals surface area contributed by atoms with Crippen molar-refractivity contribution < 1.29 is 22.0 Å². The Hall–Kier alpha value is -3.70. The van der Waals surface area contributed by atoms with Crippen LogP contribution < -0.4 is 5.32 Å². The average molecular weight is 540 g/mol. The molecular weight excluding hydrogens is 512 g/mol. The maximum Gasteiger partial charge on any atom is 0.276 e. The molecule has 5 rings (SSSR count). The van der Waals surface area contributed by atoms with Gasteiger partial charge in [0.25, 0.3) is 5.91 Å². The lowest BCUT2D eigenvalue weighted by Crippen LogP contribution is -2.35. The van der Waals surface area contributed by atoms with Crippen LogP contribution in [0.3, 0.4) is 0 Å². The molecule has 1 amide bonds. The van der Waals surface area contributed by atoms with Crippen molar-refractivity contribution in [1.82, 2.24) is 18.9 Å². The molecule has 3 heterocycles. The summed E-state index contributed by atoms with van der Waals surface area (Å²) in [5.41, 5.74) is 2.56. The van der Waals surface area contributed by atoms with Crippen molar-refractivity contribution >= 4 is 27.3 Å². The van der Waals surface area contributed by atoms with Crippen LogP contribution in [0.5, 0.6) is 0 Å². The molecule has 11 heteroatoms. The molecule has 0 spiro atoms. The normalized spacial score (nSPS) is 14.7. The van der Waals surface area contributed by atoms with Crippen LogP contribution >= 0.6 is 0 Å². The minimum Gasteiger partial charge on any atom is -0.318 e. The molecule has 1 aliphatic rings. The Labute approximate surface area is 219 Å². The number of aryl methyl sites for hydroxylation is 3. The Morgan fingerprint density at radius 3 is 2.45 bits per heavy atom. The van der Waals surface area contributed by atoms with Crippen LogP contribution in [-0.2, 0) is 10.0 Å². The van der Waals surface area contributed by atoms with Crippen molar-refractivity contribution in [2.75, 3.05) is 18.4 Å². The number of carbonyl (C=O) groups is 1. The van der Waals surface area contributed by atoms with E-state index < -0.39 is 27.6 Å². The quantitative estimate of drug-likeness (QED) is 0.384. The number of halogens is 2. The lowest BCUT2D eigenvalue weighted by atomic mass is 10.0. The monoisotopic (exact) mass is 539 g/mol. The molecule has 4 aromatic rings. The fraction of sp³-hybridized carbons (Fsp3) is 0.296. The van der Waals surface area contributed by atoms with Crippen molar-refractivity contribution in [3.63, 3.8) is 0 Å². The SMILES string of the molecule is Cc1cc(C)n2nc(C(=O)Nc3cc(F)ccc3F)c(-c3ccc(C)c(S(=O)(=O)N4CCCCC4)c3)c2n1. The second-order valence-electron chi connectivity index (χ2n) is 9.52. The number of hydrogen-bond donors (Lipinski definition) is 1. The van der Waals surface area contributed by atoms with Gasteiger partial charge in [-0.05, 0) is 69.0 Å². The number of carbonyl (C=O) groups excluding carboxylic acids is 1. The molecule has 198 valence electrons. The van der Waals surface area contributed by atoms with E-state index in [1.807, 2.05) is 0 Å². The Morgan fingerprint density at radius 1 is 0.974 bits per heavy atom. The van der Waals surface area contributed by atoms with Gasteiger partial charge in [0.2, 0.25) is 10.0 Å². The number of piperidine rings is 1. The van der Waals surface area contributed by atoms with Crippen LogP contribution in [-0.4, -0.2) is 46.3 Å². The summed E-state index contributed by atoms with van der Waals surface area (Å²) in [6.07, 6.45) is 2.59. The van der Waals surface area contributed by atoms with Gasteiger partial charge in [0.1, 0.15) is 11.6 Å². The number of fused-ring (bicyclic) bond motifs is 1. The van der Waals surface area contributed by atoms with Gasteiger partial charge in [-0.25, -0.2) is 26.7 Å². The second-order valence-corrected chi connectivity index (χ2v) is 11.4. The third kappa shape index (κ3) is 4.67. The number of hydrogen-bond acceptors (Lipinski definition) is 5. The molecular formula is C27H27F2N5O3S. The van der Waals surface area contributed by atoms with Gasteiger partial charge < -0.3 is 5.32 Å². The molecule has 1 aliphatic heterocycles. The molecule has 0 saturated carbocycles. The summed E-state index contributed by atoms with van der Waals surface area (Å²) in [4.78, 5) is 18.1. The molecule has 8 nitrogen and oxygen atoms in total. The Morgan fingerprint density at radius 2 is 1.71 bits per heavy atom. The molecule has 1 N–H and O–H groups in total. The molecule has 0 unspecified atom stereocenters. The number of nitrogens with one attached hydrogen (secondary N) is 1. The van der Waals surface area contributed by atoms with E-state index in [-0.39, 0.29) is 16.3 Å². The highest BCUT2D eigenvalue weighted by Crippen LogP contribution is 2.33. The third-order valence-electron chi connectivity index (χ3n) is 6.70. The first-order valence-electron chi connectivity index (χ1n) is 12.3. The van der Waals surface area contributed by atoms with Crippen molar-refractivity contribution in [3.8, 4) is 11.1 Å². The highest BCUT2D eigenvalue weighted by atomic mass is 32.2. The summed E-state index contributed by atoms with van der Waals surface area (Å²) in [5.74, 6) is -2.30. The number of benzene rings is 2. The molecule has 1 fully saturated rings. The fourth-order valence-electron chi connectivity index (χ4n) is 4.80. The van der Waals surface area contributed by atoms with Crippen molar-refractivity contribution in [1.29, 1.82) is 0 Å². The van der Waals surface area contributed by atoms with Crippen LogP contribution in [0.1, 0.15) is 46.7 Å². The first-order valence-corrected chi connectivity index (χ1v) is 13.7. The zero-order chi connectivity index (χ0) is 27.2. The van der Waals surface area contributed by atoms with Gasteiger partial charge in [0, 0.05) is 30.5 Å². The van der Waals surface area contributed by atoms with Crippen LogP contribution in [0.2, 0.25) is 0 Å². The number of amides is 1. The lowest BCUT2D eigenvalue weighted by molar-refractivity contribution is 0.102. The third-order valence-corrected chi connectivity index (χ3v) is 8.74. The Kier molecular flexibility index (Phi) is 6.74. The Balaban J connectivity index is 1.68. The van der Waals surface area contributed by atoms with Gasteiger partial charge in [-0.15, -0.1) is 0 Å². The van der Waals surface area contributed by atoms with E-state index in [0.717, 1.165) is 37.5 Å². The lowest BCUT2D eigenvalue weighted by Gasteiger charge is -2.26. The molecule has 0 aliphatic carbocycles. The first kappa shape index (κ1) is 25.9. The largest absolute Gasteiger partial charge is 0.318 e. The number of aromatic nitrogens is 3. The van der Waals surface area contributed by atoms with Gasteiger partial charge in [0.15, 0.2) is 11.3 Å². The van der Waals surface area contributed by atoms with Crippen molar-refractivity contribution in [2.24, 2.45) is 0 Å². The van der Waals surface area contributed by atoms with Gasteiger partial charge in [-0.1, -0.05) is 18.6 Å². The topological polar surface area (TPSA) is 96.7 Å². The van der Waals surface area contributed by atoms with Crippen molar-refractivity contribution in [3.05, 3.63) is 76.7 Å². The van der Waals surface area contributed by atoms with Gasteiger partial charge in [-0.2, -0.15) is 9.40 Å². The van der Waals surface area contributed by atoms with E-state index in [9.17, 15) is 22.0 Å². The highest BCUT2D eigenvalue weighted by Gasteiger charge is 2.30. The molecule has 0 atom stereocenters. The maximum atomic E-state index is 14.3. The zero-order valence-corrected chi connectivity index (χ0v) is 22.1. The van der Waals surface area contributed by atoms with E-state index in [0.29, 0.717) is 46.8 Å². The van der Waals surface area contributed by atoms with E-state index in [4.69, 9.17) is 0 Å². The summed E-state index contributed by atoms with van der Waals surface area (Å²) in [6, 6.07) is 9.48. The van der Waals surface area contributed by atoms with Gasteiger partial charge in [-0.3, -0.25) is 4.79 Å². The second kappa shape index (κ2) is 9.88. The predicted octanol–water partition coefficient (Wildman–Crippen LogP) is 5.03. The molecule has 38 heavy (non-hydrogen) atoms. The average Bonchev–Trinajstić information content (AvgIpc) is 3.27. The number of nitrogens with zero attached hydrogens (tertiary/aromatic N) is 4. The summed E-state index contributed by atoms with van der Waals surface area (Å²) >= 11 is 0. The highest BCUT2D eigenvalue weighted by molar-refractivity contribution is 7.89. The van der Waals surface area contributed by atoms with E-state index >= 15 is 0 Å². The maximum absolute atomic E-state index is 14.3. The van der Waals surface area contributed by atoms with Gasteiger partial charge >= 0.3 is 0 Å². The predicted molar refractivity (Wildman–Crippen MR) is 140 cm³/mol. The van der Waals surface area contributed by atoms with E-state index in [2.05, 4.69) is 15.4 Å². The molecule has 2 aromatic carbocycles. The summed E-state index contributed by atoms with van der Waals surface area (Å²) in [6.45, 7) is 6.23. The Bertz CT molecular complexity index is 1680. The van der Waals surface area contributed by atoms with Crippen molar-refractivity contribution in [2.45, 2.75) is 44.9 Å². The zero-order valence-electron chi connectivity index (χ0n) is 21.3.